The van der Waals surface area contributed by atoms with Crippen molar-refractivity contribution in [3.8, 4) is 5.75 Å². The van der Waals surface area contributed by atoms with Gasteiger partial charge in [0.1, 0.15) is 5.75 Å². The minimum atomic E-state index is -1.29. The lowest BCUT2D eigenvalue weighted by Gasteiger charge is -2.38. The molecule has 0 unspecified atom stereocenters. The third-order valence-corrected chi connectivity index (χ3v) is 10.8. The van der Waals surface area contributed by atoms with E-state index in [4.69, 9.17) is 9.47 Å². The number of carbonyl (C=O) groups is 3. The summed E-state index contributed by atoms with van der Waals surface area (Å²) in [5.74, 6) is 0.429. The molecule has 3 saturated heterocycles. The first-order valence-corrected chi connectivity index (χ1v) is 16.2. The van der Waals surface area contributed by atoms with Gasteiger partial charge in [-0.25, -0.2) is 0 Å². The van der Waals surface area contributed by atoms with Crippen LogP contribution in [-0.4, -0.2) is 55.7 Å². The van der Waals surface area contributed by atoms with E-state index in [9.17, 15) is 19.5 Å². The third kappa shape index (κ3) is 4.54. The minimum absolute atomic E-state index is 0.0630. The lowest BCUT2D eigenvalue weighted by atomic mass is 9.63. The summed E-state index contributed by atoms with van der Waals surface area (Å²) in [5.41, 5.74) is 3.47. The minimum Gasteiger partial charge on any atom is -0.497 e. The fraction of sp³-hybridized carbons (Fsp3) is 0.432. The summed E-state index contributed by atoms with van der Waals surface area (Å²) in [5, 5.41) is 10.2. The zero-order chi connectivity index (χ0) is 32.4. The van der Waals surface area contributed by atoms with Crippen LogP contribution in [0.4, 0.5) is 17.1 Å². The van der Waals surface area contributed by atoms with Gasteiger partial charge in [0.2, 0.25) is 11.8 Å². The molecule has 1 N–H and O–H groups in total. The molecule has 46 heavy (non-hydrogen) atoms. The SMILES string of the molecule is COc1ccc(C(C)(C)[C@@H]2[C@@H](CCO)O[C@]3(C(=O)N(Cc4ccc(N5CCC5=O)cc4)c4ccc(N5CCC5=O)cc43)[C@H]2C)cc1. The maximum Gasteiger partial charge on any atom is 0.264 e. The number of benzene rings is 3. The molecule has 0 aliphatic carbocycles. The molecule has 9 nitrogen and oxygen atoms in total. The molecule has 4 heterocycles. The molecule has 3 amide bonds. The number of hydrogen-bond acceptors (Lipinski definition) is 6. The highest BCUT2D eigenvalue weighted by atomic mass is 16.5. The van der Waals surface area contributed by atoms with E-state index >= 15 is 0 Å². The lowest BCUT2D eigenvalue weighted by Crippen LogP contribution is -2.46. The van der Waals surface area contributed by atoms with Crippen molar-refractivity contribution in [2.24, 2.45) is 11.8 Å². The molecular weight excluding hydrogens is 582 g/mol. The van der Waals surface area contributed by atoms with Crippen molar-refractivity contribution in [2.45, 2.75) is 63.7 Å². The van der Waals surface area contributed by atoms with Crippen molar-refractivity contribution in [3.05, 3.63) is 83.4 Å². The van der Waals surface area contributed by atoms with Crippen molar-refractivity contribution >= 4 is 34.8 Å². The molecule has 7 rings (SSSR count). The summed E-state index contributed by atoms with van der Waals surface area (Å²) < 4.78 is 12.4. The Labute approximate surface area is 269 Å². The Balaban J connectivity index is 1.29. The Hall–Kier alpha value is -4.21. The van der Waals surface area contributed by atoms with E-state index in [0.717, 1.165) is 46.0 Å². The molecule has 3 fully saturated rings. The van der Waals surface area contributed by atoms with Gasteiger partial charge >= 0.3 is 0 Å². The van der Waals surface area contributed by atoms with Gasteiger partial charge < -0.3 is 29.3 Å². The molecule has 1 spiro atoms. The second-order valence-electron chi connectivity index (χ2n) is 13.5. The number of carbonyl (C=O) groups excluding carboxylic acids is 3. The number of nitrogens with zero attached hydrogens (tertiary/aromatic N) is 3. The van der Waals surface area contributed by atoms with Crippen LogP contribution in [0.5, 0.6) is 5.75 Å². The highest BCUT2D eigenvalue weighted by Gasteiger charge is 2.66. The van der Waals surface area contributed by atoms with E-state index in [1.54, 1.807) is 21.8 Å². The predicted molar refractivity (Wildman–Crippen MR) is 175 cm³/mol. The maximum atomic E-state index is 14.9. The van der Waals surface area contributed by atoms with Crippen LogP contribution in [0.3, 0.4) is 0 Å². The number of fused-ring (bicyclic) bond motifs is 2. The second kappa shape index (κ2) is 11.2. The maximum absolute atomic E-state index is 14.9. The molecule has 4 aliphatic heterocycles. The summed E-state index contributed by atoms with van der Waals surface area (Å²) in [6.07, 6.45) is 1.08. The number of ether oxygens (including phenoxy) is 2. The number of anilines is 3. The summed E-state index contributed by atoms with van der Waals surface area (Å²) in [4.78, 5) is 44.7. The van der Waals surface area contributed by atoms with Crippen molar-refractivity contribution in [2.75, 3.05) is 41.5 Å². The molecule has 3 aromatic carbocycles. The van der Waals surface area contributed by atoms with E-state index < -0.39 is 17.1 Å². The molecule has 0 aromatic heterocycles. The number of amides is 3. The largest absolute Gasteiger partial charge is 0.497 e. The van der Waals surface area contributed by atoms with Gasteiger partial charge in [-0.1, -0.05) is 45.0 Å². The topological polar surface area (TPSA) is 99.6 Å². The average molecular weight is 624 g/mol. The summed E-state index contributed by atoms with van der Waals surface area (Å²) in [6.45, 7) is 8.09. The van der Waals surface area contributed by atoms with Crippen LogP contribution in [0.2, 0.25) is 0 Å². The van der Waals surface area contributed by atoms with Crippen LogP contribution in [0.1, 0.15) is 56.7 Å². The van der Waals surface area contributed by atoms with E-state index in [0.29, 0.717) is 32.4 Å². The fourth-order valence-corrected chi connectivity index (χ4v) is 8.16. The zero-order valence-corrected chi connectivity index (χ0v) is 26.9. The highest BCUT2D eigenvalue weighted by molar-refractivity contribution is 6.09. The fourth-order valence-electron chi connectivity index (χ4n) is 8.16. The van der Waals surface area contributed by atoms with E-state index in [-0.39, 0.29) is 36.2 Å². The Kier molecular flexibility index (Phi) is 7.44. The standard InChI is InChI=1S/C37H41N3O6/c1-23-34(36(2,3)25-7-12-28(45-4)13-8-25)31(17-20-41)46-37(23)29-21-27(39-19-16-33(39)43)11-14-30(29)40(35(37)44)22-24-5-9-26(10-6-24)38-18-15-32(38)42/h5-14,21,23,31,34,41H,15-20,22H2,1-4H3/t23-,31+,34-,37+/m0/s1. The Morgan fingerprint density at radius 3 is 2.11 bits per heavy atom. The molecule has 240 valence electrons. The summed E-state index contributed by atoms with van der Waals surface area (Å²) in [7, 11) is 1.65. The Bertz CT molecular complexity index is 1690. The average Bonchev–Trinajstić information content (AvgIpc) is 3.47. The molecule has 4 atom stereocenters. The number of aliphatic hydroxyl groups is 1. The smallest absolute Gasteiger partial charge is 0.264 e. The van der Waals surface area contributed by atoms with Gasteiger partial charge in [0.25, 0.3) is 5.91 Å². The normalized spacial score (nSPS) is 25.6. The van der Waals surface area contributed by atoms with Crippen LogP contribution < -0.4 is 19.4 Å². The predicted octanol–water partition coefficient (Wildman–Crippen LogP) is 4.92. The van der Waals surface area contributed by atoms with Gasteiger partial charge in [-0.3, -0.25) is 14.4 Å². The quantitative estimate of drug-likeness (QED) is 0.340. The third-order valence-electron chi connectivity index (χ3n) is 10.8. The van der Waals surface area contributed by atoms with E-state index in [1.165, 1.54) is 0 Å². The monoisotopic (exact) mass is 623 g/mol. The van der Waals surface area contributed by atoms with Gasteiger partial charge in [0.05, 0.1) is 25.4 Å². The summed E-state index contributed by atoms with van der Waals surface area (Å²) >= 11 is 0. The van der Waals surface area contributed by atoms with Gasteiger partial charge in [0.15, 0.2) is 5.60 Å². The van der Waals surface area contributed by atoms with Crippen LogP contribution in [0, 0.1) is 11.8 Å². The molecule has 4 aliphatic rings. The number of β-lactam (4-membered cyclic amide) rings is 2. The molecular formula is C37H41N3O6. The van der Waals surface area contributed by atoms with Crippen molar-refractivity contribution in [1.29, 1.82) is 0 Å². The number of rotatable bonds is 9. The molecule has 0 bridgehead atoms. The van der Waals surface area contributed by atoms with Gasteiger partial charge in [0, 0.05) is 61.3 Å². The molecule has 9 heteroatoms. The molecule has 0 radical (unpaired) electrons. The first-order valence-electron chi connectivity index (χ1n) is 16.2. The van der Waals surface area contributed by atoms with Gasteiger partial charge in [-0.2, -0.15) is 0 Å². The van der Waals surface area contributed by atoms with E-state index in [1.807, 2.05) is 54.6 Å². The van der Waals surface area contributed by atoms with Crippen LogP contribution in [0.15, 0.2) is 66.7 Å². The zero-order valence-electron chi connectivity index (χ0n) is 26.9. The van der Waals surface area contributed by atoms with Crippen molar-refractivity contribution in [1.82, 2.24) is 0 Å². The van der Waals surface area contributed by atoms with Crippen LogP contribution in [-0.2, 0) is 36.7 Å². The van der Waals surface area contributed by atoms with Crippen molar-refractivity contribution < 1.29 is 29.0 Å². The van der Waals surface area contributed by atoms with E-state index in [2.05, 4.69) is 32.9 Å². The Morgan fingerprint density at radius 2 is 1.54 bits per heavy atom. The van der Waals surface area contributed by atoms with Crippen LogP contribution in [0.25, 0.3) is 0 Å². The lowest BCUT2D eigenvalue weighted by molar-refractivity contribution is -0.146. The summed E-state index contributed by atoms with van der Waals surface area (Å²) in [6, 6.07) is 21.7. The first-order chi connectivity index (χ1) is 22.1. The van der Waals surface area contributed by atoms with Gasteiger partial charge in [-0.15, -0.1) is 0 Å². The Morgan fingerprint density at radius 1 is 0.913 bits per heavy atom. The molecule has 0 saturated carbocycles. The highest BCUT2D eigenvalue weighted by Crippen LogP contribution is 2.60. The number of aliphatic hydroxyl groups excluding tert-OH is 1. The first kappa shape index (κ1) is 30.4. The van der Waals surface area contributed by atoms with Gasteiger partial charge in [-0.05, 0) is 65.4 Å². The second-order valence-corrected chi connectivity index (χ2v) is 13.5. The number of methoxy groups -OCH3 is 1. The van der Waals surface area contributed by atoms with Crippen LogP contribution >= 0.6 is 0 Å². The number of hydrogen-bond donors (Lipinski definition) is 1. The molecule has 3 aromatic rings. The van der Waals surface area contributed by atoms with Crippen molar-refractivity contribution in [3.63, 3.8) is 0 Å².